The second kappa shape index (κ2) is 10.8. The fourth-order valence-corrected chi connectivity index (χ4v) is 5.14. The number of carbonyl (C=O) groups excluding carboxylic acids is 1. The van der Waals surface area contributed by atoms with Gasteiger partial charge in [0.05, 0.1) is 18.0 Å². The maximum absolute atomic E-state index is 13.9. The summed E-state index contributed by atoms with van der Waals surface area (Å²) in [5.74, 6) is 0.921. The minimum absolute atomic E-state index is 0.236. The molecule has 3 aromatic carbocycles. The first kappa shape index (κ1) is 26.3. The zero-order chi connectivity index (χ0) is 27.7. The standard InChI is InChI=1S/C31H34FN5O2/c1-19(2)18-39-28-7-5-6-20(3)29(28)37-30(22-8-11-24(12-9-22)34-31(33)38)25-17-36(15-14-26(25)35-37)27-13-10-23(32)16-21(27)4/h5-13,16,19H,14-15,17-18H2,1-4H3,(H3,33,34,38). The number of aryl methyl sites for hydroxylation is 2. The van der Waals surface area contributed by atoms with Crippen LogP contribution in [-0.4, -0.2) is 29.0 Å². The van der Waals surface area contributed by atoms with Gasteiger partial charge in [0.25, 0.3) is 0 Å². The molecule has 0 spiro atoms. The molecule has 0 aliphatic carbocycles. The Morgan fingerprint density at radius 1 is 1.10 bits per heavy atom. The molecular weight excluding hydrogens is 493 g/mol. The number of para-hydroxylation sites is 1. The molecule has 7 nitrogen and oxygen atoms in total. The van der Waals surface area contributed by atoms with Gasteiger partial charge in [0.2, 0.25) is 0 Å². The number of amides is 2. The first-order valence-corrected chi connectivity index (χ1v) is 13.2. The molecule has 2 heterocycles. The van der Waals surface area contributed by atoms with Gasteiger partial charge < -0.3 is 20.7 Å². The van der Waals surface area contributed by atoms with E-state index in [9.17, 15) is 9.18 Å². The SMILES string of the molecule is Cc1cc(F)ccc1N1CCc2nn(-c3c(C)cccc3OCC(C)C)c(-c3ccc(NC(N)=O)cc3)c2C1. The number of nitrogens with one attached hydrogen (secondary N) is 1. The summed E-state index contributed by atoms with van der Waals surface area (Å²) in [7, 11) is 0. The number of ether oxygens (including phenoxy) is 1. The van der Waals surface area contributed by atoms with Crippen molar-refractivity contribution in [1.29, 1.82) is 0 Å². The van der Waals surface area contributed by atoms with Crippen molar-refractivity contribution in [2.45, 2.75) is 40.7 Å². The molecule has 0 bridgehead atoms. The highest BCUT2D eigenvalue weighted by atomic mass is 19.1. The number of carbonyl (C=O) groups is 1. The van der Waals surface area contributed by atoms with E-state index in [2.05, 4.69) is 37.1 Å². The van der Waals surface area contributed by atoms with Crippen molar-refractivity contribution in [1.82, 2.24) is 9.78 Å². The molecule has 0 atom stereocenters. The van der Waals surface area contributed by atoms with Gasteiger partial charge in [-0.3, -0.25) is 0 Å². The molecule has 8 heteroatoms. The Kier molecular flexibility index (Phi) is 7.28. The molecule has 4 aromatic rings. The molecule has 39 heavy (non-hydrogen) atoms. The summed E-state index contributed by atoms with van der Waals surface area (Å²) in [6, 6.07) is 18.0. The molecule has 5 rings (SSSR count). The van der Waals surface area contributed by atoms with Crippen LogP contribution >= 0.6 is 0 Å². The third-order valence-corrected chi connectivity index (χ3v) is 6.94. The molecule has 0 fully saturated rings. The number of primary amides is 1. The minimum Gasteiger partial charge on any atom is -0.491 e. The number of hydrogen-bond acceptors (Lipinski definition) is 4. The van der Waals surface area contributed by atoms with Gasteiger partial charge in [0.1, 0.15) is 17.3 Å². The molecule has 1 aromatic heterocycles. The van der Waals surface area contributed by atoms with Crippen LogP contribution in [-0.2, 0) is 13.0 Å². The number of nitrogens with zero attached hydrogens (tertiary/aromatic N) is 3. The molecule has 2 amide bonds. The van der Waals surface area contributed by atoms with Gasteiger partial charge >= 0.3 is 6.03 Å². The van der Waals surface area contributed by atoms with Crippen molar-refractivity contribution in [3.8, 4) is 22.7 Å². The minimum atomic E-state index is -0.609. The smallest absolute Gasteiger partial charge is 0.316 e. The number of fused-ring (bicyclic) bond motifs is 1. The van der Waals surface area contributed by atoms with Crippen LogP contribution in [0.2, 0.25) is 0 Å². The monoisotopic (exact) mass is 527 g/mol. The Morgan fingerprint density at radius 2 is 1.87 bits per heavy atom. The number of aromatic nitrogens is 2. The number of anilines is 2. The number of halogens is 1. The van der Waals surface area contributed by atoms with E-state index >= 15 is 0 Å². The molecule has 3 N–H and O–H groups in total. The van der Waals surface area contributed by atoms with Crippen molar-refractivity contribution in [3.63, 3.8) is 0 Å². The van der Waals surface area contributed by atoms with Crippen molar-refractivity contribution < 1.29 is 13.9 Å². The molecule has 202 valence electrons. The molecule has 0 saturated heterocycles. The fraction of sp³-hybridized carbons (Fsp3) is 0.290. The summed E-state index contributed by atoms with van der Waals surface area (Å²) in [6.45, 7) is 10.3. The zero-order valence-electron chi connectivity index (χ0n) is 22.8. The second-order valence-electron chi connectivity index (χ2n) is 10.5. The van der Waals surface area contributed by atoms with E-state index in [1.165, 1.54) is 6.07 Å². The lowest BCUT2D eigenvalue weighted by Gasteiger charge is -2.30. The number of hydrogen-bond donors (Lipinski definition) is 2. The third kappa shape index (κ3) is 5.46. The predicted octanol–water partition coefficient (Wildman–Crippen LogP) is 6.38. The average molecular weight is 528 g/mol. The Labute approximate surface area is 228 Å². The van der Waals surface area contributed by atoms with E-state index in [0.29, 0.717) is 24.8 Å². The number of urea groups is 1. The number of rotatable bonds is 7. The maximum atomic E-state index is 13.9. The van der Waals surface area contributed by atoms with Crippen LogP contribution < -0.4 is 20.7 Å². The highest BCUT2D eigenvalue weighted by Gasteiger charge is 2.28. The highest BCUT2D eigenvalue weighted by molar-refractivity contribution is 5.88. The van der Waals surface area contributed by atoms with Gasteiger partial charge in [-0.15, -0.1) is 0 Å². The van der Waals surface area contributed by atoms with E-state index < -0.39 is 6.03 Å². The summed E-state index contributed by atoms with van der Waals surface area (Å²) >= 11 is 0. The van der Waals surface area contributed by atoms with Crippen LogP contribution in [0.1, 0.15) is 36.2 Å². The van der Waals surface area contributed by atoms with Gasteiger partial charge in [0, 0.05) is 42.0 Å². The Morgan fingerprint density at radius 3 is 2.56 bits per heavy atom. The van der Waals surface area contributed by atoms with Gasteiger partial charge in [-0.2, -0.15) is 5.10 Å². The van der Waals surface area contributed by atoms with Crippen molar-refractivity contribution in [2.24, 2.45) is 11.7 Å². The van der Waals surface area contributed by atoms with E-state index in [-0.39, 0.29) is 5.82 Å². The summed E-state index contributed by atoms with van der Waals surface area (Å²) in [6.07, 6.45) is 0.752. The van der Waals surface area contributed by atoms with Gasteiger partial charge in [-0.1, -0.05) is 38.1 Å². The quantitative estimate of drug-likeness (QED) is 0.292. The predicted molar refractivity (Wildman–Crippen MR) is 153 cm³/mol. The van der Waals surface area contributed by atoms with Crippen LogP contribution in [0.25, 0.3) is 16.9 Å². The van der Waals surface area contributed by atoms with Crippen LogP contribution in [0, 0.1) is 25.6 Å². The summed E-state index contributed by atoms with van der Waals surface area (Å²) < 4.78 is 22.1. The Balaban J connectivity index is 1.65. The van der Waals surface area contributed by atoms with Crippen molar-refractivity contribution >= 4 is 17.4 Å². The lowest BCUT2D eigenvalue weighted by molar-refractivity contribution is 0.259. The maximum Gasteiger partial charge on any atom is 0.316 e. The number of benzene rings is 3. The molecule has 0 radical (unpaired) electrons. The van der Waals surface area contributed by atoms with Crippen molar-refractivity contribution in [3.05, 3.63) is 88.9 Å². The first-order chi connectivity index (χ1) is 18.7. The molecule has 1 aliphatic rings. The highest BCUT2D eigenvalue weighted by Crippen LogP contribution is 2.38. The summed E-state index contributed by atoms with van der Waals surface area (Å²) in [5, 5.41) is 7.77. The summed E-state index contributed by atoms with van der Waals surface area (Å²) in [4.78, 5) is 13.7. The second-order valence-corrected chi connectivity index (χ2v) is 10.5. The molecule has 1 aliphatic heterocycles. The van der Waals surface area contributed by atoms with Crippen LogP contribution in [0.5, 0.6) is 5.75 Å². The Hall–Kier alpha value is -4.33. The van der Waals surface area contributed by atoms with E-state index in [1.807, 2.05) is 54.1 Å². The van der Waals surface area contributed by atoms with Crippen LogP contribution in [0.15, 0.2) is 60.7 Å². The lowest BCUT2D eigenvalue weighted by atomic mass is 9.99. The molecular formula is C31H34FN5O2. The molecule has 0 unspecified atom stereocenters. The largest absolute Gasteiger partial charge is 0.491 e. The van der Waals surface area contributed by atoms with Gasteiger partial charge in [-0.25, -0.2) is 13.9 Å². The normalized spacial score (nSPS) is 12.9. The zero-order valence-corrected chi connectivity index (χ0v) is 22.8. The van der Waals surface area contributed by atoms with E-state index in [0.717, 1.165) is 63.7 Å². The Bertz CT molecular complexity index is 1510. The lowest BCUT2D eigenvalue weighted by Crippen LogP contribution is -2.30. The van der Waals surface area contributed by atoms with Crippen LogP contribution in [0.4, 0.5) is 20.6 Å². The number of nitrogens with two attached hydrogens (primary N) is 1. The topological polar surface area (TPSA) is 85.4 Å². The molecule has 0 saturated carbocycles. The van der Waals surface area contributed by atoms with E-state index in [1.54, 1.807) is 6.07 Å². The van der Waals surface area contributed by atoms with Crippen LogP contribution in [0.3, 0.4) is 0 Å². The fourth-order valence-electron chi connectivity index (χ4n) is 5.14. The third-order valence-electron chi connectivity index (χ3n) is 6.94. The first-order valence-electron chi connectivity index (χ1n) is 13.2. The van der Waals surface area contributed by atoms with Crippen molar-refractivity contribution in [2.75, 3.05) is 23.4 Å². The van der Waals surface area contributed by atoms with Gasteiger partial charge in [-0.05, 0) is 67.3 Å². The van der Waals surface area contributed by atoms with E-state index in [4.69, 9.17) is 15.6 Å². The summed E-state index contributed by atoms with van der Waals surface area (Å²) in [5.41, 5.74) is 13.9. The average Bonchev–Trinajstić information content (AvgIpc) is 3.25. The van der Waals surface area contributed by atoms with Gasteiger partial charge in [0.15, 0.2) is 0 Å².